The topological polar surface area (TPSA) is 36.4 Å². The molecule has 0 N–H and O–H groups in total. The van der Waals surface area contributed by atoms with Gasteiger partial charge in [-0.25, -0.2) is 0 Å². The van der Waals surface area contributed by atoms with Crippen LogP contribution in [0, 0.1) is 0 Å². The molecule has 1 fully saturated rings. The molecule has 4 rings (SSSR count). The fourth-order valence-electron chi connectivity index (χ4n) is 3.88. The van der Waals surface area contributed by atoms with E-state index in [1.807, 2.05) is 23.1 Å². The van der Waals surface area contributed by atoms with Crippen LogP contribution in [0.5, 0.6) is 0 Å². The lowest BCUT2D eigenvalue weighted by molar-refractivity contribution is 0.0644. The molecule has 23 heavy (non-hydrogen) atoms. The largest absolute Gasteiger partial charge is 0.336 e. The Morgan fingerprint density at radius 3 is 2.70 bits per heavy atom. The predicted molar refractivity (Wildman–Crippen MR) is 91.8 cm³/mol. The summed E-state index contributed by atoms with van der Waals surface area (Å²) in [6.07, 6.45) is 3.11. The Morgan fingerprint density at radius 1 is 1.13 bits per heavy atom. The molecule has 0 saturated carbocycles. The molecular weight excluding hydrogens is 286 g/mol. The summed E-state index contributed by atoms with van der Waals surface area (Å²) in [5.74, 6) is 0.206. The van der Waals surface area contributed by atoms with Gasteiger partial charge in [0, 0.05) is 37.3 Å². The molecule has 0 unspecified atom stereocenters. The van der Waals surface area contributed by atoms with E-state index >= 15 is 0 Å². The predicted octanol–water partition coefficient (Wildman–Crippen LogP) is 2.50. The van der Waals surface area contributed by atoms with Crippen LogP contribution in [0.1, 0.15) is 35.0 Å². The van der Waals surface area contributed by atoms with Crippen molar-refractivity contribution in [1.29, 1.82) is 0 Å². The molecule has 1 aromatic carbocycles. The highest BCUT2D eigenvalue weighted by Gasteiger charge is 2.28. The van der Waals surface area contributed by atoms with Gasteiger partial charge < -0.3 is 9.80 Å². The van der Waals surface area contributed by atoms with Crippen LogP contribution in [-0.4, -0.2) is 53.4 Å². The van der Waals surface area contributed by atoms with Gasteiger partial charge in [0.15, 0.2) is 0 Å². The van der Waals surface area contributed by atoms with Crippen LogP contribution in [0.2, 0.25) is 0 Å². The lowest BCUT2D eigenvalue weighted by Crippen LogP contribution is -2.48. The van der Waals surface area contributed by atoms with E-state index in [9.17, 15) is 4.79 Å². The first-order valence-corrected chi connectivity index (χ1v) is 8.70. The van der Waals surface area contributed by atoms with Gasteiger partial charge in [0.2, 0.25) is 0 Å². The Kier molecular flexibility index (Phi) is 3.77. The molecular formula is C19H23N3O. The molecule has 1 aliphatic carbocycles. The van der Waals surface area contributed by atoms with Crippen LogP contribution in [-0.2, 0) is 12.8 Å². The third-order valence-corrected chi connectivity index (χ3v) is 5.24. The van der Waals surface area contributed by atoms with Crippen LogP contribution in [0.25, 0.3) is 10.9 Å². The maximum atomic E-state index is 13.2. The Hall–Kier alpha value is -1.94. The first-order valence-electron chi connectivity index (χ1n) is 8.70. The number of para-hydroxylation sites is 1. The molecule has 1 saturated heterocycles. The quantitative estimate of drug-likeness (QED) is 0.855. The third kappa shape index (κ3) is 2.51. The van der Waals surface area contributed by atoms with E-state index in [4.69, 9.17) is 4.98 Å². The zero-order valence-corrected chi connectivity index (χ0v) is 13.7. The molecule has 0 radical (unpaired) electrons. The van der Waals surface area contributed by atoms with Gasteiger partial charge in [-0.3, -0.25) is 9.78 Å². The van der Waals surface area contributed by atoms with E-state index in [1.165, 1.54) is 5.56 Å². The van der Waals surface area contributed by atoms with Crippen molar-refractivity contribution in [2.24, 2.45) is 0 Å². The van der Waals surface area contributed by atoms with E-state index in [2.05, 4.69) is 17.9 Å². The molecule has 1 aromatic heterocycles. The molecule has 0 spiro atoms. The number of fused-ring (bicyclic) bond motifs is 2. The van der Waals surface area contributed by atoms with Gasteiger partial charge in [-0.15, -0.1) is 0 Å². The van der Waals surface area contributed by atoms with E-state index in [0.29, 0.717) is 0 Å². The monoisotopic (exact) mass is 309 g/mol. The number of piperazine rings is 1. The van der Waals surface area contributed by atoms with E-state index in [1.54, 1.807) is 0 Å². The SMILES string of the molecule is CCN1CCN(C(=O)c2c3c(nc4ccccc24)CCC3)CC1. The number of pyridine rings is 1. The van der Waals surface area contributed by atoms with Gasteiger partial charge in [-0.05, 0) is 37.4 Å². The van der Waals surface area contributed by atoms with Crippen molar-refractivity contribution in [2.45, 2.75) is 26.2 Å². The smallest absolute Gasteiger partial charge is 0.254 e. The number of likely N-dealkylation sites (N-methyl/N-ethyl adjacent to an activating group) is 1. The molecule has 0 atom stereocenters. The van der Waals surface area contributed by atoms with Gasteiger partial charge in [-0.1, -0.05) is 25.1 Å². The van der Waals surface area contributed by atoms with Crippen molar-refractivity contribution in [3.8, 4) is 0 Å². The summed E-state index contributed by atoms with van der Waals surface area (Å²) in [5.41, 5.74) is 4.22. The normalized spacial score (nSPS) is 18.4. The van der Waals surface area contributed by atoms with E-state index < -0.39 is 0 Å². The van der Waals surface area contributed by atoms with Gasteiger partial charge in [0.25, 0.3) is 5.91 Å². The molecule has 120 valence electrons. The fourth-order valence-corrected chi connectivity index (χ4v) is 3.88. The summed E-state index contributed by atoms with van der Waals surface area (Å²) in [7, 11) is 0. The van der Waals surface area contributed by atoms with E-state index in [0.717, 1.165) is 74.1 Å². The summed E-state index contributed by atoms with van der Waals surface area (Å²) in [5, 5.41) is 1.02. The first kappa shape index (κ1) is 14.6. The highest BCUT2D eigenvalue weighted by atomic mass is 16.2. The maximum Gasteiger partial charge on any atom is 0.254 e. The third-order valence-electron chi connectivity index (χ3n) is 5.24. The van der Waals surface area contributed by atoms with Crippen LogP contribution in [0.15, 0.2) is 24.3 Å². The van der Waals surface area contributed by atoms with Crippen molar-refractivity contribution in [3.05, 3.63) is 41.1 Å². The van der Waals surface area contributed by atoms with Gasteiger partial charge in [0.05, 0.1) is 11.1 Å². The van der Waals surface area contributed by atoms with Gasteiger partial charge in [0.1, 0.15) is 0 Å². The molecule has 2 heterocycles. The molecule has 2 aromatic rings. The Labute approximate surface area is 137 Å². The lowest BCUT2D eigenvalue weighted by Gasteiger charge is -2.34. The Morgan fingerprint density at radius 2 is 1.91 bits per heavy atom. The van der Waals surface area contributed by atoms with Crippen molar-refractivity contribution in [3.63, 3.8) is 0 Å². The van der Waals surface area contributed by atoms with E-state index in [-0.39, 0.29) is 5.91 Å². The number of amides is 1. The minimum Gasteiger partial charge on any atom is -0.336 e. The zero-order valence-electron chi connectivity index (χ0n) is 13.7. The molecule has 4 heteroatoms. The molecule has 1 amide bonds. The highest BCUT2D eigenvalue weighted by Crippen LogP contribution is 2.31. The summed E-state index contributed by atoms with van der Waals surface area (Å²) in [6.45, 7) is 6.87. The van der Waals surface area contributed by atoms with Crippen LogP contribution in [0.4, 0.5) is 0 Å². The highest BCUT2D eigenvalue weighted by molar-refractivity contribution is 6.07. The second kappa shape index (κ2) is 5.93. The Bertz CT molecular complexity index is 748. The van der Waals surface area contributed by atoms with Crippen molar-refractivity contribution < 1.29 is 4.79 Å². The second-order valence-corrected chi connectivity index (χ2v) is 6.51. The number of aromatic nitrogens is 1. The van der Waals surface area contributed by atoms with Crippen molar-refractivity contribution in [1.82, 2.24) is 14.8 Å². The standard InChI is InChI=1S/C19H23N3O/c1-2-21-10-12-22(13-11-21)19(23)18-14-6-3-4-8-16(14)20-17-9-5-7-15(17)18/h3-4,6,8H,2,5,7,9-13H2,1H3. The fraction of sp³-hybridized carbons (Fsp3) is 0.474. The second-order valence-electron chi connectivity index (χ2n) is 6.51. The minimum absolute atomic E-state index is 0.206. The van der Waals surface area contributed by atoms with Crippen LogP contribution < -0.4 is 0 Å². The summed E-state index contributed by atoms with van der Waals surface area (Å²) >= 11 is 0. The minimum atomic E-state index is 0.206. The molecule has 0 bridgehead atoms. The number of nitrogens with zero attached hydrogens (tertiary/aromatic N) is 3. The average molecular weight is 309 g/mol. The van der Waals surface area contributed by atoms with Crippen molar-refractivity contribution in [2.75, 3.05) is 32.7 Å². The number of aryl methyl sites for hydroxylation is 1. The first-order chi connectivity index (χ1) is 11.3. The number of carbonyl (C=O) groups is 1. The summed E-state index contributed by atoms with van der Waals surface area (Å²) in [4.78, 5) is 22.5. The summed E-state index contributed by atoms with van der Waals surface area (Å²) in [6, 6.07) is 8.10. The number of hydrogen-bond acceptors (Lipinski definition) is 3. The number of hydrogen-bond donors (Lipinski definition) is 0. The zero-order chi connectivity index (χ0) is 15.8. The molecule has 1 aliphatic heterocycles. The Balaban J connectivity index is 1.75. The van der Waals surface area contributed by atoms with Crippen molar-refractivity contribution >= 4 is 16.8 Å². The number of rotatable bonds is 2. The van der Waals surface area contributed by atoms with Gasteiger partial charge in [-0.2, -0.15) is 0 Å². The summed E-state index contributed by atoms with van der Waals surface area (Å²) < 4.78 is 0. The average Bonchev–Trinajstić information content (AvgIpc) is 3.07. The molecule has 2 aliphatic rings. The van der Waals surface area contributed by atoms with Gasteiger partial charge >= 0.3 is 0 Å². The number of benzene rings is 1. The lowest BCUT2D eigenvalue weighted by atomic mass is 9.99. The maximum absolute atomic E-state index is 13.2. The molecule has 4 nitrogen and oxygen atoms in total. The van der Waals surface area contributed by atoms with Crippen LogP contribution >= 0.6 is 0 Å². The number of carbonyl (C=O) groups excluding carboxylic acids is 1. The van der Waals surface area contributed by atoms with Crippen LogP contribution in [0.3, 0.4) is 0 Å².